The van der Waals surface area contributed by atoms with Crippen molar-refractivity contribution in [2.24, 2.45) is 10.2 Å². The minimum absolute atomic E-state index is 0.238. The van der Waals surface area contributed by atoms with Gasteiger partial charge in [-0.3, -0.25) is 0 Å². The van der Waals surface area contributed by atoms with E-state index in [9.17, 15) is 4.79 Å². The highest BCUT2D eigenvalue weighted by Crippen LogP contribution is 2.22. The third-order valence-electron chi connectivity index (χ3n) is 3.37. The SMILES string of the molecule is CCN(CC)c1ccc(/N=N/c2ccc(C(=O)O)cc2)cc1. The van der Waals surface area contributed by atoms with Crippen LogP contribution >= 0.6 is 0 Å². The second-order valence-electron chi connectivity index (χ2n) is 4.74. The summed E-state index contributed by atoms with van der Waals surface area (Å²) in [4.78, 5) is 13.0. The second-order valence-corrected chi connectivity index (χ2v) is 4.74. The van der Waals surface area contributed by atoms with Gasteiger partial charge in [-0.15, -0.1) is 0 Å². The topological polar surface area (TPSA) is 65.3 Å². The predicted molar refractivity (Wildman–Crippen MR) is 87.6 cm³/mol. The van der Waals surface area contributed by atoms with Gasteiger partial charge in [0.1, 0.15) is 0 Å². The third kappa shape index (κ3) is 3.91. The van der Waals surface area contributed by atoms with E-state index >= 15 is 0 Å². The lowest BCUT2D eigenvalue weighted by molar-refractivity contribution is 0.0697. The number of carboxylic acids is 1. The van der Waals surface area contributed by atoms with Crippen LogP contribution in [0, 0.1) is 0 Å². The Kier molecular flexibility index (Phi) is 5.25. The minimum atomic E-state index is -0.949. The summed E-state index contributed by atoms with van der Waals surface area (Å²) in [5.41, 5.74) is 2.79. The Morgan fingerprint density at radius 1 is 0.909 bits per heavy atom. The fourth-order valence-corrected chi connectivity index (χ4v) is 2.11. The molecule has 0 atom stereocenters. The third-order valence-corrected chi connectivity index (χ3v) is 3.37. The maximum Gasteiger partial charge on any atom is 0.335 e. The quantitative estimate of drug-likeness (QED) is 0.789. The molecule has 0 aliphatic carbocycles. The summed E-state index contributed by atoms with van der Waals surface area (Å²) >= 11 is 0. The standard InChI is InChI=1S/C17H19N3O2/c1-3-20(4-2)16-11-9-15(10-12-16)19-18-14-7-5-13(6-8-14)17(21)22/h5-12H,3-4H2,1-2H3,(H,21,22)/b19-18+. The molecule has 0 heterocycles. The van der Waals surface area contributed by atoms with Crippen LogP contribution in [0.25, 0.3) is 0 Å². The van der Waals surface area contributed by atoms with Crippen LogP contribution in [-0.4, -0.2) is 24.2 Å². The molecule has 0 aromatic heterocycles. The Morgan fingerprint density at radius 2 is 1.36 bits per heavy atom. The van der Waals surface area contributed by atoms with Gasteiger partial charge in [0.25, 0.3) is 0 Å². The molecule has 0 radical (unpaired) electrons. The zero-order valence-electron chi connectivity index (χ0n) is 12.7. The molecule has 2 rings (SSSR count). The molecule has 0 spiro atoms. The molecule has 2 aromatic rings. The summed E-state index contributed by atoms with van der Waals surface area (Å²) < 4.78 is 0. The lowest BCUT2D eigenvalue weighted by atomic mass is 10.2. The first-order valence-electron chi connectivity index (χ1n) is 7.24. The largest absolute Gasteiger partial charge is 0.478 e. The fraction of sp³-hybridized carbons (Fsp3) is 0.235. The van der Waals surface area contributed by atoms with Gasteiger partial charge >= 0.3 is 5.97 Å². The molecule has 5 heteroatoms. The summed E-state index contributed by atoms with van der Waals surface area (Å²) in [6.45, 7) is 6.18. The van der Waals surface area contributed by atoms with Crippen LogP contribution in [0.5, 0.6) is 0 Å². The van der Waals surface area contributed by atoms with Crippen molar-refractivity contribution in [3.05, 3.63) is 54.1 Å². The van der Waals surface area contributed by atoms with Crippen molar-refractivity contribution < 1.29 is 9.90 Å². The van der Waals surface area contributed by atoms with Gasteiger partial charge in [-0.05, 0) is 62.4 Å². The Hall–Kier alpha value is -2.69. The molecule has 1 N–H and O–H groups in total. The van der Waals surface area contributed by atoms with Gasteiger partial charge in [-0.25, -0.2) is 4.79 Å². The van der Waals surface area contributed by atoms with Gasteiger partial charge in [0, 0.05) is 18.8 Å². The Labute approximate surface area is 129 Å². The van der Waals surface area contributed by atoms with Gasteiger partial charge in [0.2, 0.25) is 0 Å². The second kappa shape index (κ2) is 7.36. The van der Waals surface area contributed by atoms with Crippen LogP contribution in [0.15, 0.2) is 58.8 Å². The first-order valence-corrected chi connectivity index (χ1v) is 7.24. The zero-order chi connectivity index (χ0) is 15.9. The number of hydrogen-bond acceptors (Lipinski definition) is 4. The Morgan fingerprint density at radius 3 is 1.77 bits per heavy atom. The van der Waals surface area contributed by atoms with Crippen molar-refractivity contribution in [2.75, 3.05) is 18.0 Å². The van der Waals surface area contributed by atoms with E-state index in [4.69, 9.17) is 5.11 Å². The van der Waals surface area contributed by atoms with Crippen LogP contribution in [0.1, 0.15) is 24.2 Å². The summed E-state index contributed by atoms with van der Waals surface area (Å²) in [5, 5.41) is 17.1. The van der Waals surface area contributed by atoms with E-state index in [-0.39, 0.29) is 5.56 Å². The van der Waals surface area contributed by atoms with Crippen molar-refractivity contribution in [3.8, 4) is 0 Å². The first-order chi connectivity index (χ1) is 10.6. The molecule has 0 aliphatic rings. The van der Waals surface area contributed by atoms with Crippen LogP contribution in [0.3, 0.4) is 0 Å². The van der Waals surface area contributed by atoms with Crippen molar-refractivity contribution in [2.45, 2.75) is 13.8 Å². The van der Waals surface area contributed by atoms with Crippen LogP contribution in [0.2, 0.25) is 0 Å². The highest BCUT2D eigenvalue weighted by Gasteiger charge is 2.02. The molecule has 5 nitrogen and oxygen atoms in total. The molecule has 0 saturated heterocycles. The van der Waals surface area contributed by atoms with Crippen molar-refractivity contribution in [1.29, 1.82) is 0 Å². The zero-order valence-corrected chi connectivity index (χ0v) is 12.7. The van der Waals surface area contributed by atoms with E-state index in [1.807, 2.05) is 24.3 Å². The highest BCUT2D eigenvalue weighted by molar-refractivity contribution is 5.87. The molecule has 114 valence electrons. The van der Waals surface area contributed by atoms with E-state index in [0.29, 0.717) is 5.69 Å². The number of carbonyl (C=O) groups is 1. The van der Waals surface area contributed by atoms with Gasteiger partial charge in [-0.1, -0.05) is 0 Å². The number of rotatable bonds is 6. The molecule has 0 saturated carbocycles. The summed E-state index contributed by atoms with van der Waals surface area (Å²) in [5.74, 6) is -0.949. The van der Waals surface area contributed by atoms with Gasteiger partial charge in [0.15, 0.2) is 0 Å². The van der Waals surface area contributed by atoms with E-state index in [1.54, 1.807) is 12.1 Å². The average molecular weight is 297 g/mol. The fourth-order valence-electron chi connectivity index (χ4n) is 2.11. The van der Waals surface area contributed by atoms with Crippen LogP contribution < -0.4 is 4.90 Å². The van der Waals surface area contributed by atoms with Gasteiger partial charge in [0.05, 0.1) is 16.9 Å². The first kappa shape index (κ1) is 15.7. The van der Waals surface area contributed by atoms with E-state index < -0.39 is 5.97 Å². The van der Waals surface area contributed by atoms with E-state index in [1.165, 1.54) is 12.1 Å². The molecule has 22 heavy (non-hydrogen) atoms. The molecule has 0 amide bonds. The lowest BCUT2D eigenvalue weighted by Gasteiger charge is -2.20. The highest BCUT2D eigenvalue weighted by atomic mass is 16.4. The molecule has 0 fully saturated rings. The normalized spacial score (nSPS) is 10.8. The minimum Gasteiger partial charge on any atom is -0.478 e. The van der Waals surface area contributed by atoms with Gasteiger partial charge < -0.3 is 10.0 Å². The number of azo groups is 1. The number of aromatic carboxylic acids is 1. The smallest absolute Gasteiger partial charge is 0.335 e. The molecule has 0 unspecified atom stereocenters. The molecule has 0 aliphatic heterocycles. The molecular formula is C17H19N3O2. The number of nitrogens with zero attached hydrogens (tertiary/aromatic N) is 3. The van der Waals surface area contributed by atoms with Crippen molar-refractivity contribution in [3.63, 3.8) is 0 Å². The van der Waals surface area contributed by atoms with E-state index in [2.05, 4.69) is 29.0 Å². The summed E-state index contributed by atoms with van der Waals surface area (Å²) in [6.07, 6.45) is 0. The number of anilines is 1. The number of benzene rings is 2. The monoisotopic (exact) mass is 297 g/mol. The summed E-state index contributed by atoms with van der Waals surface area (Å²) in [6, 6.07) is 14.2. The molecule has 0 bridgehead atoms. The average Bonchev–Trinajstić information content (AvgIpc) is 2.55. The maximum atomic E-state index is 10.8. The number of carboxylic acid groups (broad SMARTS) is 1. The maximum absolute atomic E-state index is 10.8. The lowest BCUT2D eigenvalue weighted by Crippen LogP contribution is -2.21. The van der Waals surface area contributed by atoms with Crippen LogP contribution in [-0.2, 0) is 0 Å². The predicted octanol–water partition coefficient (Wildman–Crippen LogP) is 4.65. The molecule has 2 aromatic carbocycles. The van der Waals surface area contributed by atoms with Gasteiger partial charge in [-0.2, -0.15) is 10.2 Å². The van der Waals surface area contributed by atoms with Crippen molar-refractivity contribution >= 4 is 23.0 Å². The Balaban J connectivity index is 2.08. The Bertz CT molecular complexity index is 645. The summed E-state index contributed by atoms with van der Waals surface area (Å²) in [7, 11) is 0. The number of hydrogen-bond donors (Lipinski definition) is 1. The van der Waals surface area contributed by atoms with Crippen molar-refractivity contribution in [1.82, 2.24) is 0 Å². The van der Waals surface area contributed by atoms with Crippen LogP contribution in [0.4, 0.5) is 17.1 Å². The van der Waals surface area contributed by atoms with E-state index in [0.717, 1.165) is 24.5 Å². The molecular weight excluding hydrogens is 278 g/mol.